The Balaban J connectivity index is 1.50. The van der Waals surface area contributed by atoms with Gasteiger partial charge < -0.3 is 15.1 Å². The Bertz CT molecular complexity index is 704. The van der Waals surface area contributed by atoms with Crippen LogP contribution in [0.1, 0.15) is 11.1 Å². The molecule has 2 aromatic rings. The van der Waals surface area contributed by atoms with Gasteiger partial charge in [-0.3, -0.25) is 0 Å². The quantitative estimate of drug-likeness (QED) is 0.854. The van der Waals surface area contributed by atoms with Crippen molar-refractivity contribution in [2.24, 2.45) is 0 Å². The molecule has 24 heavy (non-hydrogen) atoms. The zero-order valence-electron chi connectivity index (χ0n) is 14.0. The Morgan fingerprint density at radius 2 is 1.62 bits per heavy atom. The molecule has 0 saturated carbocycles. The van der Waals surface area contributed by atoms with Crippen molar-refractivity contribution >= 4 is 29.1 Å². The lowest BCUT2D eigenvalue weighted by Gasteiger charge is -2.35. The molecule has 0 amide bonds. The van der Waals surface area contributed by atoms with Crippen molar-refractivity contribution < 1.29 is 0 Å². The highest BCUT2D eigenvalue weighted by atomic mass is 32.1. The molecule has 0 aliphatic carbocycles. The molecular formula is C20H23N3S. The van der Waals surface area contributed by atoms with Gasteiger partial charge in [0.15, 0.2) is 5.11 Å². The lowest BCUT2D eigenvalue weighted by Crippen LogP contribution is -2.48. The number of nitrogens with zero attached hydrogens (tertiary/aromatic N) is 2. The predicted octanol–water partition coefficient (Wildman–Crippen LogP) is 3.98. The Kier molecular flexibility index (Phi) is 5.49. The smallest absolute Gasteiger partial charge is 0.173 e. The first-order valence-electron chi connectivity index (χ1n) is 8.31. The van der Waals surface area contributed by atoms with Gasteiger partial charge in [0.05, 0.1) is 0 Å². The summed E-state index contributed by atoms with van der Waals surface area (Å²) in [6.07, 6.45) is 4.35. The van der Waals surface area contributed by atoms with Crippen molar-refractivity contribution in [3.05, 3.63) is 71.9 Å². The molecule has 0 radical (unpaired) electrons. The molecule has 0 atom stereocenters. The van der Waals surface area contributed by atoms with E-state index in [1.165, 1.54) is 11.1 Å². The van der Waals surface area contributed by atoms with E-state index in [9.17, 15) is 0 Å². The molecule has 3 nitrogen and oxygen atoms in total. The number of benzene rings is 2. The summed E-state index contributed by atoms with van der Waals surface area (Å²) in [4.78, 5) is 4.59. The number of nitrogens with one attached hydrogen (secondary N) is 1. The summed E-state index contributed by atoms with van der Waals surface area (Å²) in [5, 5.41) is 4.19. The summed E-state index contributed by atoms with van der Waals surface area (Å²) in [5.41, 5.74) is 3.54. The topological polar surface area (TPSA) is 18.5 Å². The molecule has 1 fully saturated rings. The third-order valence-electron chi connectivity index (χ3n) is 4.27. The van der Waals surface area contributed by atoms with Crippen LogP contribution in [0.15, 0.2) is 60.8 Å². The van der Waals surface area contributed by atoms with Crippen LogP contribution in [0.25, 0.3) is 6.08 Å². The highest BCUT2D eigenvalue weighted by molar-refractivity contribution is 7.80. The minimum Gasteiger partial charge on any atom is -0.374 e. The zero-order chi connectivity index (χ0) is 16.8. The summed E-state index contributed by atoms with van der Waals surface area (Å²) < 4.78 is 0. The lowest BCUT2D eigenvalue weighted by atomic mass is 10.2. The van der Waals surface area contributed by atoms with E-state index in [0.717, 1.165) is 37.0 Å². The second-order valence-electron chi connectivity index (χ2n) is 5.99. The molecule has 0 aromatic heterocycles. The minimum absolute atomic E-state index is 0.816. The van der Waals surface area contributed by atoms with Gasteiger partial charge in [-0.2, -0.15) is 0 Å². The van der Waals surface area contributed by atoms with Gasteiger partial charge in [-0.05, 0) is 48.6 Å². The van der Waals surface area contributed by atoms with E-state index in [-0.39, 0.29) is 0 Å². The normalized spacial score (nSPS) is 14.9. The van der Waals surface area contributed by atoms with Crippen LogP contribution in [0.4, 0.5) is 5.69 Å². The van der Waals surface area contributed by atoms with Crippen LogP contribution in [-0.4, -0.2) is 41.1 Å². The van der Waals surface area contributed by atoms with Crippen LogP contribution in [0, 0.1) is 6.92 Å². The Labute approximate surface area is 149 Å². The molecule has 3 rings (SSSR count). The lowest BCUT2D eigenvalue weighted by molar-refractivity contribution is 0.241. The molecule has 1 heterocycles. The number of piperazine rings is 1. The van der Waals surface area contributed by atoms with Crippen molar-refractivity contribution in [1.29, 1.82) is 0 Å². The van der Waals surface area contributed by atoms with E-state index < -0.39 is 0 Å². The number of thiocarbonyl (C=S) groups is 1. The maximum absolute atomic E-state index is 5.57. The molecule has 4 heteroatoms. The Morgan fingerprint density at radius 1 is 0.958 bits per heavy atom. The molecule has 1 aliphatic rings. The second kappa shape index (κ2) is 7.97. The third-order valence-corrected chi connectivity index (χ3v) is 4.63. The number of rotatable bonds is 3. The fraction of sp³-hybridized carbons (Fsp3) is 0.250. The van der Waals surface area contributed by atoms with E-state index >= 15 is 0 Å². The van der Waals surface area contributed by atoms with Gasteiger partial charge in [0.25, 0.3) is 0 Å². The van der Waals surface area contributed by atoms with Crippen molar-refractivity contribution in [3.63, 3.8) is 0 Å². The first-order valence-corrected chi connectivity index (χ1v) is 8.72. The molecule has 1 aliphatic heterocycles. The molecule has 1 N–H and O–H groups in total. The number of para-hydroxylation sites is 1. The molecular weight excluding hydrogens is 314 g/mol. The van der Waals surface area contributed by atoms with Crippen LogP contribution >= 0.6 is 12.2 Å². The molecule has 2 aromatic carbocycles. The van der Waals surface area contributed by atoms with Gasteiger partial charge >= 0.3 is 0 Å². The van der Waals surface area contributed by atoms with Gasteiger partial charge in [-0.1, -0.05) is 48.5 Å². The first kappa shape index (κ1) is 16.5. The second-order valence-corrected chi connectivity index (χ2v) is 6.38. The fourth-order valence-corrected chi connectivity index (χ4v) is 3.03. The molecule has 124 valence electrons. The number of aryl methyl sites for hydroxylation is 1. The minimum atomic E-state index is 0.816. The SMILES string of the molecule is Cc1ccccc1NC(=S)N1CCN(C=Cc2ccccc2)CC1. The third kappa shape index (κ3) is 4.36. The fourth-order valence-electron chi connectivity index (χ4n) is 2.74. The Hall–Kier alpha value is -2.33. The molecule has 0 spiro atoms. The molecule has 0 unspecified atom stereocenters. The van der Waals surface area contributed by atoms with Crippen LogP contribution in [0.5, 0.6) is 0 Å². The van der Waals surface area contributed by atoms with Crippen LogP contribution in [0.3, 0.4) is 0 Å². The first-order chi connectivity index (χ1) is 11.7. The predicted molar refractivity (Wildman–Crippen MR) is 106 cm³/mol. The average Bonchev–Trinajstić information content (AvgIpc) is 2.63. The van der Waals surface area contributed by atoms with Gasteiger partial charge in [0, 0.05) is 31.9 Å². The summed E-state index contributed by atoms with van der Waals surface area (Å²) in [7, 11) is 0. The maximum Gasteiger partial charge on any atom is 0.173 e. The van der Waals surface area contributed by atoms with E-state index in [1.54, 1.807) is 0 Å². The van der Waals surface area contributed by atoms with E-state index in [1.807, 2.05) is 18.2 Å². The summed E-state index contributed by atoms with van der Waals surface area (Å²) in [6.45, 7) is 5.95. The molecule has 0 bridgehead atoms. The van der Waals surface area contributed by atoms with E-state index in [2.05, 4.69) is 70.7 Å². The monoisotopic (exact) mass is 337 g/mol. The van der Waals surface area contributed by atoms with Crippen molar-refractivity contribution in [1.82, 2.24) is 9.80 Å². The number of hydrogen-bond donors (Lipinski definition) is 1. The highest BCUT2D eigenvalue weighted by Crippen LogP contribution is 2.15. The Morgan fingerprint density at radius 3 is 2.33 bits per heavy atom. The summed E-state index contributed by atoms with van der Waals surface area (Å²) in [6, 6.07) is 18.6. The highest BCUT2D eigenvalue weighted by Gasteiger charge is 2.17. The van der Waals surface area contributed by atoms with Gasteiger partial charge in [-0.25, -0.2) is 0 Å². The average molecular weight is 337 g/mol. The van der Waals surface area contributed by atoms with Gasteiger partial charge in [0.1, 0.15) is 0 Å². The van der Waals surface area contributed by atoms with Crippen LogP contribution in [0.2, 0.25) is 0 Å². The number of anilines is 1. The summed E-state index contributed by atoms with van der Waals surface area (Å²) >= 11 is 5.57. The van der Waals surface area contributed by atoms with E-state index in [4.69, 9.17) is 12.2 Å². The van der Waals surface area contributed by atoms with Crippen molar-refractivity contribution in [2.75, 3.05) is 31.5 Å². The summed E-state index contributed by atoms with van der Waals surface area (Å²) in [5.74, 6) is 0. The molecule has 1 saturated heterocycles. The van der Waals surface area contributed by atoms with Crippen molar-refractivity contribution in [2.45, 2.75) is 6.92 Å². The van der Waals surface area contributed by atoms with Crippen LogP contribution in [-0.2, 0) is 0 Å². The van der Waals surface area contributed by atoms with Crippen LogP contribution < -0.4 is 5.32 Å². The standard InChI is InChI=1S/C20H23N3S/c1-17-7-5-6-10-19(17)21-20(24)23-15-13-22(14-16-23)12-11-18-8-3-2-4-9-18/h2-12H,13-16H2,1H3,(H,21,24). The van der Waals surface area contributed by atoms with Gasteiger partial charge in [0.2, 0.25) is 0 Å². The van der Waals surface area contributed by atoms with Crippen molar-refractivity contribution in [3.8, 4) is 0 Å². The van der Waals surface area contributed by atoms with Gasteiger partial charge in [-0.15, -0.1) is 0 Å². The zero-order valence-corrected chi connectivity index (χ0v) is 14.8. The largest absolute Gasteiger partial charge is 0.374 e. The van der Waals surface area contributed by atoms with E-state index in [0.29, 0.717) is 0 Å². The number of hydrogen-bond acceptors (Lipinski definition) is 2. The maximum atomic E-state index is 5.57.